The first kappa shape index (κ1) is 24.7. The van der Waals surface area contributed by atoms with Crippen molar-refractivity contribution in [2.75, 3.05) is 0 Å². The van der Waals surface area contributed by atoms with Gasteiger partial charge in [-0.2, -0.15) is 0 Å². The smallest absolute Gasteiger partial charge is 0.236 e. The summed E-state index contributed by atoms with van der Waals surface area (Å²) in [6, 6.07) is 45.0. The predicted molar refractivity (Wildman–Crippen MR) is 184 cm³/mol. The number of nitrogens with zero attached hydrogens (tertiary/aromatic N) is 3. The molecule has 0 spiro atoms. The number of rotatable bonds is 2. The van der Waals surface area contributed by atoms with Crippen LogP contribution in [0.5, 0.6) is 0 Å². The molecule has 0 saturated carbocycles. The second-order valence-corrected chi connectivity index (χ2v) is 12.6. The Balaban J connectivity index is 1.41. The maximum absolute atomic E-state index is 6.61. The van der Waals surface area contributed by atoms with Gasteiger partial charge in [0.1, 0.15) is 16.8 Å². The van der Waals surface area contributed by atoms with Crippen molar-refractivity contribution in [2.24, 2.45) is 0 Å². The molecule has 45 heavy (non-hydrogen) atoms. The second kappa shape index (κ2) is 8.67. The Bertz CT molecular complexity index is 2680. The molecule has 0 atom stereocenters. The SMILES string of the molecule is CC1(C)c2ccccc2-c2ccc3c4ccccc4n(-c4nc(-c5ccccc5)c5oc6ccc7ccccc7c6c5n4)c3c21. The zero-order valence-corrected chi connectivity index (χ0v) is 24.9. The van der Waals surface area contributed by atoms with Crippen LogP contribution in [0.4, 0.5) is 0 Å². The van der Waals surface area contributed by atoms with Gasteiger partial charge in [0.2, 0.25) is 5.95 Å². The highest BCUT2D eigenvalue weighted by Crippen LogP contribution is 2.53. The molecule has 0 aliphatic heterocycles. The van der Waals surface area contributed by atoms with Crippen LogP contribution < -0.4 is 0 Å². The van der Waals surface area contributed by atoms with Gasteiger partial charge in [-0.05, 0) is 45.2 Å². The molecule has 0 saturated heterocycles. The largest absolute Gasteiger partial charge is 0.452 e. The average molecular weight is 578 g/mol. The Labute approximate surface area is 259 Å². The van der Waals surface area contributed by atoms with E-state index in [4.69, 9.17) is 14.4 Å². The first-order chi connectivity index (χ1) is 22.1. The van der Waals surface area contributed by atoms with E-state index in [9.17, 15) is 0 Å². The summed E-state index contributed by atoms with van der Waals surface area (Å²) in [6.45, 7) is 4.68. The molecule has 4 heteroatoms. The maximum atomic E-state index is 6.61. The highest BCUT2D eigenvalue weighted by Gasteiger charge is 2.38. The lowest BCUT2D eigenvalue weighted by molar-refractivity contribution is 0.662. The fourth-order valence-corrected chi connectivity index (χ4v) is 7.81. The summed E-state index contributed by atoms with van der Waals surface area (Å²) in [4.78, 5) is 10.8. The first-order valence-electron chi connectivity index (χ1n) is 15.4. The number of hydrogen-bond donors (Lipinski definition) is 0. The number of hydrogen-bond acceptors (Lipinski definition) is 3. The molecule has 0 bridgehead atoms. The Hall–Kier alpha value is -5.74. The Morgan fingerprint density at radius 2 is 1.38 bits per heavy atom. The summed E-state index contributed by atoms with van der Waals surface area (Å²) in [7, 11) is 0. The van der Waals surface area contributed by atoms with Gasteiger partial charge in [0.15, 0.2) is 5.58 Å². The standard InChI is InChI=1S/C41H27N3O/c1-41(2)31-18-10-8-16-27(31)29-21-22-30-28-17-9-11-19-32(28)44(38(30)35(29)41)40-42-36(25-13-4-3-5-14-25)39-37(43-40)34-26-15-7-6-12-24(26)20-23-33(34)45-39/h3-23H,1-2H3. The van der Waals surface area contributed by atoms with Crippen LogP contribution in [0.15, 0.2) is 132 Å². The fourth-order valence-electron chi connectivity index (χ4n) is 7.81. The summed E-state index contributed by atoms with van der Waals surface area (Å²) in [5, 5.41) is 5.69. The maximum Gasteiger partial charge on any atom is 0.236 e. The molecular weight excluding hydrogens is 550 g/mol. The highest BCUT2D eigenvalue weighted by atomic mass is 16.3. The van der Waals surface area contributed by atoms with E-state index >= 15 is 0 Å². The minimum atomic E-state index is -0.206. The van der Waals surface area contributed by atoms with Gasteiger partial charge < -0.3 is 4.42 Å². The van der Waals surface area contributed by atoms with Crippen molar-refractivity contribution < 1.29 is 4.42 Å². The van der Waals surface area contributed by atoms with Crippen molar-refractivity contribution in [1.29, 1.82) is 0 Å². The average Bonchev–Trinajstić information content (AvgIpc) is 3.71. The van der Waals surface area contributed by atoms with Gasteiger partial charge in [-0.25, -0.2) is 9.97 Å². The van der Waals surface area contributed by atoms with Gasteiger partial charge in [-0.3, -0.25) is 4.57 Å². The van der Waals surface area contributed by atoms with Crippen LogP contribution in [0.3, 0.4) is 0 Å². The number of benzene rings is 6. The van der Waals surface area contributed by atoms with Gasteiger partial charge in [-0.15, -0.1) is 0 Å². The normalized spacial score (nSPS) is 13.7. The lowest BCUT2D eigenvalue weighted by Gasteiger charge is -2.23. The van der Waals surface area contributed by atoms with E-state index < -0.39 is 0 Å². The second-order valence-electron chi connectivity index (χ2n) is 12.6. The molecular formula is C41H27N3O. The van der Waals surface area contributed by atoms with E-state index in [1.807, 2.05) is 18.2 Å². The van der Waals surface area contributed by atoms with Gasteiger partial charge in [0.05, 0.1) is 16.4 Å². The van der Waals surface area contributed by atoms with E-state index in [-0.39, 0.29) is 5.41 Å². The van der Waals surface area contributed by atoms with Crippen LogP contribution in [0.25, 0.3) is 83.0 Å². The summed E-state index contributed by atoms with van der Waals surface area (Å²) in [6.07, 6.45) is 0. The van der Waals surface area contributed by atoms with Crippen molar-refractivity contribution in [3.05, 3.63) is 139 Å². The van der Waals surface area contributed by atoms with Crippen molar-refractivity contribution in [3.8, 4) is 28.3 Å². The number of aromatic nitrogens is 3. The van der Waals surface area contributed by atoms with Crippen molar-refractivity contribution >= 4 is 54.6 Å². The van der Waals surface area contributed by atoms with E-state index in [2.05, 4.69) is 128 Å². The summed E-state index contributed by atoms with van der Waals surface area (Å²) in [5.41, 5.74) is 11.4. The minimum Gasteiger partial charge on any atom is -0.452 e. The third-order valence-electron chi connectivity index (χ3n) is 9.79. The van der Waals surface area contributed by atoms with Gasteiger partial charge in [-0.1, -0.05) is 129 Å². The lowest BCUT2D eigenvalue weighted by Crippen LogP contribution is -2.17. The van der Waals surface area contributed by atoms with Crippen LogP contribution in [0.2, 0.25) is 0 Å². The molecule has 0 fully saturated rings. The summed E-state index contributed by atoms with van der Waals surface area (Å²) >= 11 is 0. The molecule has 0 radical (unpaired) electrons. The van der Waals surface area contributed by atoms with Crippen LogP contribution in [-0.2, 0) is 5.41 Å². The molecule has 212 valence electrons. The van der Waals surface area contributed by atoms with E-state index in [0.29, 0.717) is 11.5 Å². The zero-order valence-electron chi connectivity index (χ0n) is 24.9. The van der Waals surface area contributed by atoms with E-state index in [1.54, 1.807) is 0 Å². The van der Waals surface area contributed by atoms with Crippen molar-refractivity contribution in [3.63, 3.8) is 0 Å². The summed E-state index contributed by atoms with van der Waals surface area (Å²) in [5.74, 6) is 0.642. The fraction of sp³-hybridized carbons (Fsp3) is 0.0732. The Morgan fingerprint density at radius 1 is 0.622 bits per heavy atom. The summed E-state index contributed by atoms with van der Waals surface area (Å²) < 4.78 is 8.91. The molecule has 3 heterocycles. The predicted octanol–water partition coefficient (Wildman–Crippen LogP) is 10.6. The number of fused-ring (bicyclic) bond motifs is 12. The number of furan rings is 1. The molecule has 0 amide bonds. The zero-order chi connectivity index (χ0) is 29.9. The monoisotopic (exact) mass is 577 g/mol. The molecule has 10 rings (SSSR count). The quantitative estimate of drug-likeness (QED) is 0.205. The molecule has 9 aromatic rings. The van der Waals surface area contributed by atoms with E-state index in [1.165, 1.54) is 33.0 Å². The van der Waals surface area contributed by atoms with Crippen molar-refractivity contribution in [2.45, 2.75) is 19.3 Å². The minimum absolute atomic E-state index is 0.206. The highest BCUT2D eigenvalue weighted by molar-refractivity contribution is 6.19. The Morgan fingerprint density at radius 3 is 2.27 bits per heavy atom. The van der Waals surface area contributed by atoms with Crippen LogP contribution in [0, 0.1) is 0 Å². The molecule has 0 unspecified atom stereocenters. The molecule has 6 aromatic carbocycles. The first-order valence-corrected chi connectivity index (χ1v) is 15.4. The van der Waals surface area contributed by atoms with Crippen LogP contribution in [-0.4, -0.2) is 14.5 Å². The molecule has 1 aliphatic rings. The lowest BCUT2D eigenvalue weighted by atomic mass is 9.81. The molecule has 0 N–H and O–H groups in total. The van der Waals surface area contributed by atoms with Crippen LogP contribution in [0.1, 0.15) is 25.0 Å². The molecule has 4 nitrogen and oxygen atoms in total. The molecule has 1 aliphatic carbocycles. The van der Waals surface area contributed by atoms with E-state index in [0.717, 1.165) is 49.5 Å². The van der Waals surface area contributed by atoms with Crippen LogP contribution >= 0.6 is 0 Å². The van der Waals surface area contributed by atoms with Crippen molar-refractivity contribution in [1.82, 2.24) is 14.5 Å². The van der Waals surface area contributed by atoms with Gasteiger partial charge in [0.25, 0.3) is 0 Å². The van der Waals surface area contributed by atoms with Gasteiger partial charge >= 0.3 is 0 Å². The number of para-hydroxylation sites is 1. The topological polar surface area (TPSA) is 43.9 Å². The third kappa shape index (κ3) is 3.21. The Kier molecular flexibility index (Phi) is 4.76. The third-order valence-corrected chi connectivity index (χ3v) is 9.79. The van der Waals surface area contributed by atoms with Gasteiger partial charge in [0, 0.05) is 21.8 Å². The molecule has 3 aromatic heterocycles.